The largest absolute Gasteiger partial charge is 0.389 e. The highest BCUT2D eigenvalue weighted by atomic mass is 32.2. The highest BCUT2D eigenvalue weighted by molar-refractivity contribution is 7.87. The number of nitrogens with zero attached hydrogens (tertiary/aromatic N) is 1. The Bertz CT molecular complexity index is 341. The zero-order valence-corrected chi connectivity index (χ0v) is 11.8. The molecular weight excluding hydrogens is 240 g/mol. The summed E-state index contributed by atoms with van der Waals surface area (Å²) in [5.74, 6) is 0. The normalized spacial score (nSPS) is 26.7. The molecule has 1 saturated heterocycles. The van der Waals surface area contributed by atoms with Gasteiger partial charge in [0.05, 0.1) is 5.60 Å². The van der Waals surface area contributed by atoms with Crippen LogP contribution in [0.4, 0.5) is 0 Å². The Labute approximate surface area is 104 Å². The molecule has 1 rings (SSSR count). The van der Waals surface area contributed by atoms with Gasteiger partial charge in [-0.2, -0.15) is 17.4 Å². The maximum Gasteiger partial charge on any atom is 0.279 e. The molecule has 2 atom stereocenters. The van der Waals surface area contributed by atoms with E-state index >= 15 is 0 Å². The molecule has 0 aromatic heterocycles. The van der Waals surface area contributed by atoms with Crippen molar-refractivity contribution in [2.45, 2.75) is 58.1 Å². The van der Waals surface area contributed by atoms with Crippen LogP contribution in [-0.2, 0) is 10.2 Å². The number of nitrogens with one attached hydrogen (secondary N) is 1. The van der Waals surface area contributed by atoms with E-state index in [0.717, 1.165) is 19.3 Å². The van der Waals surface area contributed by atoms with Gasteiger partial charge >= 0.3 is 0 Å². The van der Waals surface area contributed by atoms with Crippen LogP contribution in [0.15, 0.2) is 0 Å². The number of rotatable bonds is 5. The number of hydrogen-bond donors (Lipinski definition) is 2. The standard InChI is InChI=1S/C11H24N2O3S/c1-4-11(3,14)9-12-17(15,16)13-8-6-5-7-10(13)2/h10,12,14H,4-9H2,1-3H3. The Hall–Kier alpha value is -0.170. The monoisotopic (exact) mass is 264 g/mol. The molecule has 0 aliphatic carbocycles. The Morgan fingerprint density at radius 2 is 2.12 bits per heavy atom. The lowest BCUT2D eigenvalue weighted by Gasteiger charge is -2.33. The summed E-state index contributed by atoms with van der Waals surface area (Å²) in [6.07, 6.45) is 3.42. The predicted molar refractivity (Wildman–Crippen MR) is 67.9 cm³/mol. The third-order valence-corrected chi connectivity index (χ3v) is 5.12. The van der Waals surface area contributed by atoms with Crippen LogP contribution in [0.25, 0.3) is 0 Å². The SMILES string of the molecule is CCC(C)(O)CNS(=O)(=O)N1CCCCC1C. The van der Waals surface area contributed by atoms with E-state index in [0.29, 0.717) is 13.0 Å². The van der Waals surface area contributed by atoms with Crippen molar-refractivity contribution < 1.29 is 13.5 Å². The fraction of sp³-hybridized carbons (Fsp3) is 1.00. The molecule has 6 heteroatoms. The Kier molecular flexibility index (Phi) is 4.95. The second-order valence-corrected chi connectivity index (χ2v) is 6.84. The first kappa shape index (κ1) is 14.9. The second-order valence-electron chi connectivity index (χ2n) is 5.13. The number of aliphatic hydroxyl groups is 1. The Morgan fingerprint density at radius 3 is 2.65 bits per heavy atom. The van der Waals surface area contributed by atoms with Gasteiger partial charge in [0, 0.05) is 19.1 Å². The molecule has 2 unspecified atom stereocenters. The lowest BCUT2D eigenvalue weighted by atomic mass is 10.1. The van der Waals surface area contributed by atoms with Crippen LogP contribution in [-0.4, -0.2) is 42.6 Å². The summed E-state index contributed by atoms with van der Waals surface area (Å²) in [4.78, 5) is 0. The van der Waals surface area contributed by atoms with Gasteiger partial charge in [0.15, 0.2) is 0 Å². The highest BCUT2D eigenvalue weighted by Crippen LogP contribution is 2.19. The molecule has 2 N–H and O–H groups in total. The molecule has 5 nitrogen and oxygen atoms in total. The fourth-order valence-electron chi connectivity index (χ4n) is 1.88. The summed E-state index contributed by atoms with van der Waals surface area (Å²) in [5.41, 5.74) is -0.980. The minimum atomic E-state index is -3.45. The van der Waals surface area contributed by atoms with Gasteiger partial charge in [-0.1, -0.05) is 13.3 Å². The van der Waals surface area contributed by atoms with Gasteiger partial charge in [-0.25, -0.2) is 0 Å². The zero-order valence-electron chi connectivity index (χ0n) is 10.9. The lowest BCUT2D eigenvalue weighted by molar-refractivity contribution is 0.0606. The summed E-state index contributed by atoms with van der Waals surface area (Å²) < 4.78 is 28.1. The van der Waals surface area contributed by atoms with Crippen LogP contribution < -0.4 is 4.72 Å². The van der Waals surface area contributed by atoms with Crippen molar-refractivity contribution in [2.24, 2.45) is 0 Å². The molecule has 0 aromatic carbocycles. The topological polar surface area (TPSA) is 69.6 Å². The minimum absolute atomic E-state index is 0.0489. The van der Waals surface area contributed by atoms with Gasteiger partial charge in [-0.15, -0.1) is 0 Å². The van der Waals surface area contributed by atoms with Gasteiger partial charge in [-0.3, -0.25) is 0 Å². The molecule has 1 fully saturated rings. The third kappa shape index (κ3) is 4.21. The summed E-state index contributed by atoms with van der Waals surface area (Å²) in [7, 11) is -3.45. The lowest BCUT2D eigenvalue weighted by Crippen LogP contribution is -2.51. The van der Waals surface area contributed by atoms with Crippen LogP contribution in [0.2, 0.25) is 0 Å². The summed E-state index contributed by atoms with van der Waals surface area (Å²) >= 11 is 0. The van der Waals surface area contributed by atoms with Crippen LogP contribution in [0.5, 0.6) is 0 Å². The second kappa shape index (κ2) is 5.65. The van der Waals surface area contributed by atoms with Gasteiger partial charge in [0.25, 0.3) is 10.2 Å². The quantitative estimate of drug-likeness (QED) is 0.773. The molecular formula is C11H24N2O3S. The van der Waals surface area contributed by atoms with Gasteiger partial charge in [-0.05, 0) is 33.1 Å². The van der Waals surface area contributed by atoms with Gasteiger partial charge < -0.3 is 5.11 Å². The van der Waals surface area contributed by atoms with Crippen molar-refractivity contribution in [3.05, 3.63) is 0 Å². The molecule has 0 spiro atoms. The maximum atomic E-state index is 12.1. The van der Waals surface area contributed by atoms with Crippen LogP contribution in [0.3, 0.4) is 0 Å². The molecule has 0 radical (unpaired) electrons. The molecule has 0 bridgehead atoms. The molecule has 17 heavy (non-hydrogen) atoms. The number of piperidine rings is 1. The predicted octanol–water partition coefficient (Wildman–Crippen LogP) is 0.856. The van der Waals surface area contributed by atoms with Crippen molar-refractivity contribution in [1.29, 1.82) is 0 Å². The van der Waals surface area contributed by atoms with E-state index in [1.54, 1.807) is 6.92 Å². The van der Waals surface area contributed by atoms with Crippen molar-refractivity contribution in [3.8, 4) is 0 Å². The average molecular weight is 264 g/mol. The van der Waals surface area contributed by atoms with Crippen molar-refractivity contribution >= 4 is 10.2 Å². The third-order valence-electron chi connectivity index (χ3n) is 3.45. The van der Waals surface area contributed by atoms with E-state index in [4.69, 9.17) is 0 Å². The molecule has 1 aliphatic rings. The molecule has 0 amide bonds. The molecule has 102 valence electrons. The molecule has 1 heterocycles. The molecule has 0 aromatic rings. The summed E-state index contributed by atoms with van der Waals surface area (Å²) in [6.45, 7) is 6.03. The van der Waals surface area contributed by atoms with E-state index in [9.17, 15) is 13.5 Å². The fourth-order valence-corrected chi connectivity index (χ4v) is 3.49. The smallest absolute Gasteiger partial charge is 0.279 e. The van der Waals surface area contributed by atoms with Crippen LogP contribution >= 0.6 is 0 Å². The first-order valence-electron chi connectivity index (χ1n) is 6.27. The maximum absolute atomic E-state index is 12.1. The minimum Gasteiger partial charge on any atom is -0.389 e. The molecule has 1 aliphatic heterocycles. The van der Waals surface area contributed by atoms with E-state index in [1.165, 1.54) is 4.31 Å². The van der Waals surface area contributed by atoms with E-state index in [1.807, 2.05) is 13.8 Å². The Morgan fingerprint density at radius 1 is 1.47 bits per heavy atom. The van der Waals surface area contributed by atoms with Crippen molar-refractivity contribution in [3.63, 3.8) is 0 Å². The highest BCUT2D eigenvalue weighted by Gasteiger charge is 2.30. The zero-order chi connectivity index (χ0) is 13.1. The van der Waals surface area contributed by atoms with Crippen LogP contribution in [0, 0.1) is 0 Å². The summed E-state index contributed by atoms with van der Waals surface area (Å²) in [5, 5.41) is 9.81. The van der Waals surface area contributed by atoms with E-state index in [2.05, 4.69) is 4.72 Å². The van der Waals surface area contributed by atoms with E-state index < -0.39 is 15.8 Å². The van der Waals surface area contributed by atoms with Crippen LogP contribution in [0.1, 0.15) is 46.5 Å². The number of hydrogen-bond acceptors (Lipinski definition) is 3. The van der Waals surface area contributed by atoms with Crippen molar-refractivity contribution in [1.82, 2.24) is 9.03 Å². The van der Waals surface area contributed by atoms with Crippen molar-refractivity contribution in [2.75, 3.05) is 13.1 Å². The first-order chi connectivity index (χ1) is 7.78. The average Bonchev–Trinajstić information content (AvgIpc) is 2.27. The Balaban J connectivity index is 2.62. The van der Waals surface area contributed by atoms with Gasteiger partial charge in [0.2, 0.25) is 0 Å². The first-order valence-corrected chi connectivity index (χ1v) is 7.71. The van der Waals surface area contributed by atoms with Gasteiger partial charge in [0.1, 0.15) is 0 Å². The summed E-state index contributed by atoms with van der Waals surface area (Å²) in [6, 6.07) is 0.0489. The molecule has 0 saturated carbocycles. The van der Waals surface area contributed by atoms with E-state index in [-0.39, 0.29) is 12.6 Å².